The van der Waals surface area contributed by atoms with Crippen LogP contribution in [0.5, 0.6) is 0 Å². The molecule has 0 spiro atoms. The number of aryl methyl sites for hydroxylation is 2. The minimum Gasteiger partial charge on any atom is -0.356 e. The molecule has 2 heterocycles. The lowest BCUT2D eigenvalue weighted by Gasteiger charge is -2.26. The minimum absolute atomic E-state index is 0.00471. The van der Waals surface area contributed by atoms with Gasteiger partial charge in [0.2, 0.25) is 0 Å². The standard InChI is InChI=1S/C21H19FN2O2/c1-13-3-4-16(11-14(13)2)21(25)24-10-9-18-19(12-24)23-26-20(18)15-5-7-17(22)8-6-15/h3-8,11H,9-10,12H2,1-2H3. The van der Waals surface area contributed by atoms with Crippen molar-refractivity contribution in [3.8, 4) is 11.3 Å². The summed E-state index contributed by atoms with van der Waals surface area (Å²) in [4.78, 5) is 14.6. The topological polar surface area (TPSA) is 46.3 Å². The average molecular weight is 350 g/mol. The molecule has 0 aliphatic carbocycles. The molecule has 132 valence electrons. The maximum Gasteiger partial charge on any atom is 0.254 e. The van der Waals surface area contributed by atoms with Gasteiger partial charge < -0.3 is 9.42 Å². The van der Waals surface area contributed by atoms with Crippen LogP contribution in [0.1, 0.15) is 32.7 Å². The normalized spacial score (nSPS) is 13.6. The van der Waals surface area contributed by atoms with Gasteiger partial charge in [-0.2, -0.15) is 0 Å². The Kier molecular flexibility index (Phi) is 4.07. The quantitative estimate of drug-likeness (QED) is 0.692. The maximum absolute atomic E-state index is 13.1. The number of rotatable bonds is 2. The van der Waals surface area contributed by atoms with Crippen LogP contribution >= 0.6 is 0 Å². The Labute approximate surface area is 151 Å². The summed E-state index contributed by atoms with van der Waals surface area (Å²) >= 11 is 0. The van der Waals surface area contributed by atoms with Gasteiger partial charge in [-0.15, -0.1) is 0 Å². The van der Waals surface area contributed by atoms with E-state index in [4.69, 9.17) is 4.52 Å². The number of fused-ring (bicyclic) bond motifs is 1. The van der Waals surface area contributed by atoms with E-state index in [1.54, 1.807) is 17.0 Å². The summed E-state index contributed by atoms with van der Waals surface area (Å²) in [7, 11) is 0. The highest BCUT2D eigenvalue weighted by atomic mass is 19.1. The van der Waals surface area contributed by atoms with E-state index in [1.807, 2.05) is 32.0 Å². The van der Waals surface area contributed by atoms with Crippen molar-refractivity contribution in [2.75, 3.05) is 6.54 Å². The van der Waals surface area contributed by atoms with Crippen molar-refractivity contribution in [2.24, 2.45) is 0 Å². The molecule has 0 N–H and O–H groups in total. The Morgan fingerprint density at radius 1 is 1.12 bits per heavy atom. The van der Waals surface area contributed by atoms with E-state index in [9.17, 15) is 9.18 Å². The molecule has 1 amide bonds. The number of hydrogen-bond donors (Lipinski definition) is 0. The number of hydrogen-bond acceptors (Lipinski definition) is 3. The predicted octanol–water partition coefficient (Wildman–Crippen LogP) is 4.30. The van der Waals surface area contributed by atoms with Crippen LogP contribution in [0, 0.1) is 19.7 Å². The maximum atomic E-state index is 13.1. The smallest absolute Gasteiger partial charge is 0.254 e. The van der Waals surface area contributed by atoms with Crippen molar-refractivity contribution < 1.29 is 13.7 Å². The molecule has 1 aliphatic rings. The van der Waals surface area contributed by atoms with Crippen molar-refractivity contribution >= 4 is 5.91 Å². The summed E-state index contributed by atoms with van der Waals surface area (Å²) in [6.45, 7) is 5.07. The van der Waals surface area contributed by atoms with E-state index in [0.717, 1.165) is 22.4 Å². The van der Waals surface area contributed by atoms with Crippen LogP contribution in [0.3, 0.4) is 0 Å². The van der Waals surface area contributed by atoms with Crippen LogP contribution in [0.15, 0.2) is 47.0 Å². The van der Waals surface area contributed by atoms with Crippen LogP contribution < -0.4 is 0 Å². The Bertz CT molecular complexity index is 976. The number of amides is 1. The zero-order valence-corrected chi connectivity index (χ0v) is 14.8. The van der Waals surface area contributed by atoms with E-state index < -0.39 is 0 Å². The Hall–Kier alpha value is -2.95. The Balaban J connectivity index is 1.58. The first-order valence-electron chi connectivity index (χ1n) is 8.63. The molecular formula is C21H19FN2O2. The molecule has 0 saturated heterocycles. The van der Waals surface area contributed by atoms with Crippen LogP contribution in [0.2, 0.25) is 0 Å². The first kappa shape index (κ1) is 16.5. The minimum atomic E-state index is -0.285. The molecule has 3 aromatic rings. The monoisotopic (exact) mass is 350 g/mol. The van der Waals surface area contributed by atoms with Crippen molar-refractivity contribution in [1.82, 2.24) is 10.1 Å². The number of nitrogens with zero attached hydrogens (tertiary/aromatic N) is 2. The van der Waals surface area contributed by atoms with Crippen LogP contribution in [-0.2, 0) is 13.0 Å². The Morgan fingerprint density at radius 2 is 1.88 bits per heavy atom. The second-order valence-corrected chi connectivity index (χ2v) is 6.72. The summed E-state index contributed by atoms with van der Waals surface area (Å²) in [6.07, 6.45) is 0.669. The lowest BCUT2D eigenvalue weighted by molar-refractivity contribution is 0.0731. The third-order valence-electron chi connectivity index (χ3n) is 4.99. The number of aromatic nitrogens is 1. The van der Waals surface area contributed by atoms with Crippen LogP contribution in [0.25, 0.3) is 11.3 Å². The zero-order valence-electron chi connectivity index (χ0n) is 14.8. The largest absolute Gasteiger partial charge is 0.356 e. The average Bonchev–Trinajstić information content (AvgIpc) is 3.07. The Morgan fingerprint density at radius 3 is 2.62 bits per heavy atom. The first-order valence-corrected chi connectivity index (χ1v) is 8.63. The molecule has 0 atom stereocenters. The number of halogens is 1. The molecule has 1 aliphatic heterocycles. The van der Waals surface area contributed by atoms with Crippen LogP contribution in [-0.4, -0.2) is 22.5 Å². The van der Waals surface area contributed by atoms with E-state index in [-0.39, 0.29) is 11.7 Å². The molecule has 4 rings (SSSR count). The van der Waals surface area contributed by atoms with E-state index in [1.165, 1.54) is 17.7 Å². The summed E-state index contributed by atoms with van der Waals surface area (Å²) in [5, 5.41) is 4.15. The van der Waals surface area contributed by atoms with Gasteiger partial charge in [0.15, 0.2) is 5.76 Å². The molecule has 0 bridgehead atoms. The third kappa shape index (κ3) is 2.90. The van der Waals surface area contributed by atoms with Gasteiger partial charge in [0.05, 0.1) is 6.54 Å². The van der Waals surface area contributed by atoms with E-state index in [0.29, 0.717) is 30.8 Å². The third-order valence-corrected chi connectivity index (χ3v) is 4.99. The molecule has 26 heavy (non-hydrogen) atoms. The van der Waals surface area contributed by atoms with E-state index >= 15 is 0 Å². The van der Waals surface area contributed by atoms with Crippen molar-refractivity contribution in [3.05, 3.63) is 76.2 Å². The summed E-state index contributed by atoms with van der Waals surface area (Å²) < 4.78 is 18.6. The molecular weight excluding hydrogens is 331 g/mol. The molecule has 4 nitrogen and oxygen atoms in total. The van der Waals surface area contributed by atoms with Gasteiger partial charge >= 0.3 is 0 Å². The van der Waals surface area contributed by atoms with Gasteiger partial charge in [-0.1, -0.05) is 11.2 Å². The summed E-state index contributed by atoms with van der Waals surface area (Å²) in [5.74, 6) is 0.385. The fraction of sp³-hybridized carbons (Fsp3) is 0.238. The molecule has 5 heteroatoms. The van der Waals surface area contributed by atoms with Gasteiger partial charge in [0, 0.05) is 23.2 Å². The van der Waals surface area contributed by atoms with Crippen molar-refractivity contribution in [1.29, 1.82) is 0 Å². The van der Waals surface area contributed by atoms with Gasteiger partial charge in [-0.25, -0.2) is 4.39 Å². The fourth-order valence-corrected chi connectivity index (χ4v) is 3.29. The second kappa shape index (κ2) is 6.41. The number of carbonyl (C=O) groups is 1. The molecule has 2 aromatic carbocycles. The molecule has 0 saturated carbocycles. The highest BCUT2D eigenvalue weighted by molar-refractivity contribution is 5.94. The summed E-state index contributed by atoms with van der Waals surface area (Å²) in [6, 6.07) is 11.9. The highest BCUT2D eigenvalue weighted by Crippen LogP contribution is 2.31. The van der Waals surface area contributed by atoms with Crippen molar-refractivity contribution in [3.63, 3.8) is 0 Å². The molecule has 0 radical (unpaired) electrons. The molecule has 0 fully saturated rings. The lowest BCUT2D eigenvalue weighted by Crippen LogP contribution is -2.36. The SMILES string of the molecule is Cc1ccc(C(=O)N2CCc3c(noc3-c3ccc(F)cc3)C2)cc1C. The van der Waals surface area contributed by atoms with Crippen LogP contribution in [0.4, 0.5) is 4.39 Å². The number of carbonyl (C=O) groups excluding carboxylic acids is 1. The van der Waals surface area contributed by atoms with Gasteiger partial charge in [0.25, 0.3) is 5.91 Å². The molecule has 0 unspecified atom stereocenters. The fourth-order valence-electron chi connectivity index (χ4n) is 3.29. The first-order chi connectivity index (χ1) is 12.5. The van der Waals surface area contributed by atoms with E-state index in [2.05, 4.69) is 5.16 Å². The highest BCUT2D eigenvalue weighted by Gasteiger charge is 2.27. The van der Waals surface area contributed by atoms with Gasteiger partial charge in [-0.3, -0.25) is 4.79 Å². The summed E-state index contributed by atoms with van der Waals surface area (Å²) in [5.41, 5.74) is 5.54. The van der Waals surface area contributed by atoms with Crippen molar-refractivity contribution in [2.45, 2.75) is 26.8 Å². The lowest BCUT2D eigenvalue weighted by atomic mass is 9.99. The van der Waals surface area contributed by atoms with Gasteiger partial charge in [0.1, 0.15) is 11.5 Å². The number of benzene rings is 2. The second-order valence-electron chi connectivity index (χ2n) is 6.72. The zero-order chi connectivity index (χ0) is 18.3. The molecule has 1 aromatic heterocycles. The predicted molar refractivity (Wildman–Crippen MR) is 96.3 cm³/mol. The van der Waals surface area contributed by atoms with Gasteiger partial charge in [-0.05, 0) is 67.8 Å².